The zero-order chi connectivity index (χ0) is 12.4. The first-order chi connectivity index (χ1) is 8.83. The van der Waals surface area contributed by atoms with E-state index in [2.05, 4.69) is 15.0 Å². The Morgan fingerprint density at radius 2 is 1.89 bits per heavy atom. The van der Waals surface area contributed by atoms with Crippen molar-refractivity contribution in [1.29, 1.82) is 0 Å². The number of nitrogens with two attached hydrogens (primary N) is 1. The second-order valence-electron chi connectivity index (χ2n) is 3.68. The number of pyridine rings is 1. The molecule has 2 aromatic heterocycles. The van der Waals surface area contributed by atoms with E-state index >= 15 is 0 Å². The Balaban J connectivity index is 2.05. The van der Waals surface area contributed by atoms with Gasteiger partial charge in [0, 0.05) is 23.8 Å². The SMILES string of the molecule is Nc1nccc(Oc2cccc3ncccc23)n1. The van der Waals surface area contributed by atoms with Crippen LogP contribution in [0.4, 0.5) is 5.95 Å². The van der Waals surface area contributed by atoms with Gasteiger partial charge in [0.15, 0.2) is 0 Å². The molecule has 5 nitrogen and oxygen atoms in total. The van der Waals surface area contributed by atoms with Crippen LogP contribution in [0.2, 0.25) is 0 Å². The van der Waals surface area contributed by atoms with Gasteiger partial charge >= 0.3 is 0 Å². The molecule has 2 N–H and O–H groups in total. The Bertz CT molecular complexity index is 694. The Kier molecular flexibility index (Phi) is 2.49. The maximum absolute atomic E-state index is 5.70. The minimum Gasteiger partial charge on any atom is -0.438 e. The largest absolute Gasteiger partial charge is 0.438 e. The molecule has 3 rings (SSSR count). The molecule has 0 aliphatic carbocycles. The van der Waals surface area contributed by atoms with Crippen LogP contribution in [0.25, 0.3) is 10.9 Å². The van der Waals surface area contributed by atoms with E-state index in [1.165, 1.54) is 0 Å². The Hall–Kier alpha value is -2.69. The summed E-state index contributed by atoms with van der Waals surface area (Å²) in [5.74, 6) is 1.29. The normalized spacial score (nSPS) is 10.4. The number of rotatable bonds is 2. The van der Waals surface area contributed by atoms with Gasteiger partial charge in [-0.1, -0.05) is 6.07 Å². The van der Waals surface area contributed by atoms with Crippen LogP contribution in [0, 0.1) is 0 Å². The average molecular weight is 238 g/mol. The van der Waals surface area contributed by atoms with Crippen LogP contribution in [0.15, 0.2) is 48.8 Å². The van der Waals surface area contributed by atoms with Gasteiger partial charge in [0.1, 0.15) is 5.75 Å². The van der Waals surface area contributed by atoms with Crippen LogP contribution in [0.1, 0.15) is 0 Å². The first-order valence-corrected chi connectivity index (χ1v) is 5.43. The zero-order valence-corrected chi connectivity index (χ0v) is 9.45. The molecule has 0 spiro atoms. The second-order valence-corrected chi connectivity index (χ2v) is 3.68. The van der Waals surface area contributed by atoms with E-state index in [0.29, 0.717) is 11.6 Å². The summed E-state index contributed by atoms with van der Waals surface area (Å²) in [5.41, 5.74) is 6.38. The summed E-state index contributed by atoms with van der Waals surface area (Å²) in [4.78, 5) is 12.1. The van der Waals surface area contributed by atoms with Crippen LogP contribution in [-0.4, -0.2) is 15.0 Å². The number of hydrogen-bond donors (Lipinski definition) is 1. The van der Waals surface area contributed by atoms with Crippen molar-refractivity contribution >= 4 is 16.9 Å². The minimum atomic E-state index is 0.186. The molecule has 5 heteroatoms. The molecule has 0 radical (unpaired) electrons. The molecule has 0 saturated carbocycles. The number of benzene rings is 1. The summed E-state index contributed by atoms with van der Waals surface area (Å²) < 4.78 is 5.70. The third kappa shape index (κ3) is 1.93. The van der Waals surface area contributed by atoms with Crippen LogP contribution >= 0.6 is 0 Å². The van der Waals surface area contributed by atoms with Crippen molar-refractivity contribution < 1.29 is 4.74 Å². The topological polar surface area (TPSA) is 73.9 Å². The van der Waals surface area contributed by atoms with Gasteiger partial charge in [-0.2, -0.15) is 4.98 Å². The molecule has 0 atom stereocenters. The molecular weight excluding hydrogens is 228 g/mol. The predicted octanol–water partition coefficient (Wildman–Crippen LogP) is 2.40. The van der Waals surface area contributed by atoms with Crippen molar-refractivity contribution in [3.05, 3.63) is 48.8 Å². The smallest absolute Gasteiger partial charge is 0.224 e. The lowest BCUT2D eigenvalue weighted by Gasteiger charge is -2.07. The summed E-state index contributed by atoms with van der Waals surface area (Å²) in [6.07, 6.45) is 3.30. The van der Waals surface area contributed by atoms with Gasteiger partial charge in [0.05, 0.1) is 5.52 Å². The maximum Gasteiger partial charge on any atom is 0.224 e. The van der Waals surface area contributed by atoms with E-state index in [1.54, 1.807) is 18.5 Å². The fraction of sp³-hybridized carbons (Fsp3) is 0. The summed E-state index contributed by atoms with van der Waals surface area (Å²) in [5, 5.41) is 0.928. The number of nitrogen functional groups attached to an aromatic ring is 1. The van der Waals surface area contributed by atoms with Crippen molar-refractivity contribution in [3.63, 3.8) is 0 Å². The molecule has 18 heavy (non-hydrogen) atoms. The fourth-order valence-corrected chi connectivity index (χ4v) is 1.69. The van der Waals surface area contributed by atoms with E-state index in [9.17, 15) is 0 Å². The van der Waals surface area contributed by atoms with Gasteiger partial charge < -0.3 is 10.5 Å². The average Bonchev–Trinajstić information content (AvgIpc) is 2.39. The molecule has 0 aliphatic rings. The minimum absolute atomic E-state index is 0.186. The summed E-state index contributed by atoms with van der Waals surface area (Å²) in [7, 11) is 0. The lowest BCUT2D eigenvalue weighted by Crippen LogP contribution is -1.96. The van der Waals surface area contributed by atoms with E-state index < -0.39 is 0 Å². The van der Waals surface area contributed by atoms with Gasteiger partial charge in [-0.25, -0.2) is 4.98 Å². The fourth-order valence-electron chi connectivity index (χ4n) is 1.69. The number of anilines is 1. The van der Waals surface area contributed by atoms with E-state index in [1.807, 2.05) is 30.3 Å². The highest BCUT2D eigenvalue weighted by atomic mass is 16.5. The molecule has 0 amide bonds. The lowest BCUT2D eigenvalue weighted by atomic mass is 10.2. The van der Waals surface area contributed by atoms with E-state index in [0.717, 1.165) is 10.9 Å². The highest BCUT2D eigenvalue weighted by molar-refractivity contribution is 5.85. The lowest BCUT2D eigenvalue weighted by molar-refractivity contribution is 0.468. The van der Waals surface area contributed by atoms with Crippen molar-refractivity contribution in [1.82, 2.24) is 15.0 Å². The molecule has 0 fully saturated rings. The summed E-state index contributed by atoms with van der Waals surface area (Å²) >= 11 is 0. The van der Waals surface area contributed by atoms with Crippen LogP contribution < -0.4 is 10.5 Å². The van der Waals surface area contributed by atoms with Crippen molar-refractivity contribution in [2.24, 2.45) is 0 Å². The molecule has 3 aromatic rings. The Labute approximate surface area is 103 Å². The van der Waals surface area contributed by atoms with Gasteiger partial charge in [0.25, 0.3) is 0 Å². The van der Waals surface area contributed by atoms with Crippen LogP contribution in [0.3, 0.4) is 0 Å². The molecule has 0 unspecified atom stereocenters. The van der Waals surface area contributed by atoms with Crippen molar-refractivity contribution in [2.75, 3.05) is 5.73 Å². The molecule has 88 valence electrons. The molecule has 1 aromatic carbocycles. The maximum atomic E-state index is 5.70. The first-order valence-electron chi connectivity index (χ1n) is 5.43. The molecule has 0 aliphatic heterocycles. The third-order valence-electron chi connectivity index (χ3n) is 2.47. The third-order valence-corrected chi connectivity index (χ3v) is 2.47. The van der Waals surface area contributed by atoms with Crippen LogP contribution in [-0.2, 0) is 0 Å². The first kappa shape index (κ1) is 10.5. The molecule has 0 saturated heterocycles. The Morgan fingerprint density at radius 3 is 2.78 bits per heavy atom. The monoisotopic (exact) mass is 238 g/mol. The number of nitrogens with zero attached hydrogens (tertiary/aromatic N) is 3. The number of fused-ring (bicyclic) bond motifs is 1. The van der Waals surface area contributed by atoms with Gasteiger partial charge in [-0.3, -0.25) is 4.98 Å². The molecule has 2 heterocycles. The molecule has 0 bridgehead atoms. The van der Waals surface area contributed by atoms with Crippen molar-refractivity contribution in [3.8, 4) is 11.6 Å². The van der Waals surface area contributed by atoms with Gasteiger partial charge in [0.2, 0.25) is 11.8 Å². The summed E-state index contributed by atoms with van der Waals surface area (Å²) in [6.45, 7) is 0. The highest BCUT2D eigenvalue weighted by Crippen LogP contribution is 2.27. The van der Waals surface area contributed by atoms with E-state index in [4.69, 9.17) is 10.5 Å². The summed E-state index contributed by atoms with van der Waals surface area (Å²) in [6, 6.07) is 11.1. The number of aromatic nitrogens is 3. The Morgan fingerprint density at radius 1 is 0.944 bits per heavy atom. The van der Waals surface area contributed by atoms with Gasteiger partial charge in [-0.15, -0.1) is 0 Å². The standard InChI is InChI=1S/C13H10N4O/c14-13-16-8-6-12(17-13)18-11-5-1-4-10-9(11)3-2-7-15-10/h1-8H,(H2,14,16,17). The van der Waals surface area contributed by atoms with Crippen molar-refractivity contribution in [2.45, 2.75) is 0 Å². The number of hydrogen-bond acceptors (Lipinski definition) is 5. The second kappa shape index (κ2) is 4.29. The quantitative estimate of drug-likeness (QED) is 0.742. The highest BCUT2D eigenvalue weighted by Gasteiger charge is 2.04. The number of ether oxygens (including phenoxy) is 1. The van der Waals surface area contributed by atoms with E-state index in [-0.39, 0.29) is 5.95 Å². The zero-order valence-electron chi connectivity index (χ0n) is 9.45. The predicted molar refractivity (Wildman–Crippen MR) is 68.3 cm³/mol. The molecular formula is C13H10N4O. The van der Waals surface area contributed by atoms with Crippen LogP contribution in [0.5, 0.6) is 11.6 Å². The van der Waals surface area contributed by atoms with Gasteiger partial charge in [-0.05, 0) is 24.3 Å².